The molecule has 112 valence electrons. The third-order valence-corrected chi connectivity index (χ3v) is 4.39. The van der Waals surface area contributed by atoms with Crippen molar-refractivity contribution in [3.8, 4) is 6.01 Å². The van der Waals surface area contributed by atoms with E-state index in [9.17, 15) is 8.42 Å². The Labute approximate surface area is 121 Å². The van der Waals surface area contributed by atoms with Gasteiger partial charge in [0.05, 0.1) is 12.8 Å². The van der Waals surface area contributed by atoms with E-state index in [-0.39, 0.29) is 19.2 Å². The topological polar surface area (TPSA) is 103 Å². The van der Waals surface area contributed by atoms with Crippen molar-refractivity contribution in [2.45, 2.75) is 19.7 Å². The molecule has 2 aromatic heterocycles. The summed E-state index contributed by atoms with van der Waals surface area (Å²) in [6.07, 6.45) is 4.37. The van der Waals surface area contributed by atoms with Crippen LogP contribution in [-0.2, 0) is 29.7 Å². The fourth-order valence-corrected chi connectivity index (χ4v) is 2.84. The van der Waals surface area contributed by atoms with Crippen molar-refractivity contribution in [1.82, 2.24) is 29.0 Å². The lowest BCUT2D eigenvalue weighted by molar-refractivity contribution is 0.257. The molecular formula is C11H14N6O3S. The number of sulfonamides is 1. The molecule has 0 radical (unpaired) electrons. The van der Waals surface area contributed by atoms with Crippen LogP contribution in [0.3, 0.4) is 0 Å². The smallest absolute Gasteiger partial charge is 0.316 e. The van der Waals surface area contributed by atoms with Crippen LogP contribution in [0, 0.1) is 0 Å². The zero-order valence-corrected chi connectivity index (χ0v) is 12.2. The van der Waals surface area contributed by atoms with E-state index in [2.05, 4.69) is 20.2 Å². The second-order valence-corrected chi connectivity index (χ2v) is 6.58. The van der Waals surface area contributed by atoms with Gasteiger partial charge in [0.15, 0.2) is 12.4 Å². The quantitative estimate of drug-likeness (QED) is 0.744. The molecule has 0 unspecified atom stereocenters. The molecule has 0 aromatic carbocycles. The van der Waals surface area contributed by atoms with Gasteiger partial charge in [-0.25, -0.2) is 18.4 Å². The van der Waals surface area contributed by atoms with Crippen LogP contribution < -0.4 is 4.74 Å². The van der Waals surface area contributed by atoms with Crippen LogP contribution in [0.25, 0.3) is 0 Å². The highest BCUT2D eigenvalue weighted by Gasteiger charge is 2.26. The third kappa shape index (κ3) is 3.00. The molecule has 3 rings (SSSR count). The molecule has 0 atom stereocenters. The molecule has 0 fully saturated rings. The zero-order chi connectivity index (χ0) is 14.9. The minimum Gasteiger partial charge on any atom is -0.455 e. The van der Waals surface area contributed by atoms with E-state index in [4.69, 9.17) is 4.74 Å². The summed E-state index contributed by atoms with van der Waals surface area (Å²) >= 11 is 0. The van der Waals surface area contributed by atoms with Crippen LogP contribution in [0.2, 0.25) is 0 Å². The summed E-state index contributed by atoms with van der Waals surface area (Å²) in [4.78, 5) is 7.91. The van der Waals surface area contributed by atoms with E-state index < -0.39 is 10.0 Å². The number of ether oxygens (including phenoxy) is 1. The van der Waals surface area contributed by atoms with Gasteiger partial charge in [0, 0.05) is 25.5 Å². The highest BCUT2D eigenvalue weighted by Crippen LogP contribution is 2.15. The zero-order valence-electron chi connectivity index (χ0n) is 11.4. The highest BCUT2D eigenvalue weighted by atomic mass is 32.2. The molecule has 0 saturated carbocycles. The molecule has 21 heavy (non-hydrogen) atoms. The van der Waals surface area contributed by atoms with Gasteiger partial charge in [0.2, 0.25) is 10.0 Å². The monoisotopic (exact) mass is 310 g/mol. The van der Waals surface area contributed by atoms with Gasteiger partial charge in [-0.2, -0.15) is 4.31 Å². The van der Waals surface area contributed by atoms with Crippen LogP contribution >= 0.6 is 0 Å². The molecule has 2 aromatic rings. The Hall–Kier alpha value is -2.07. The van der Waals surface area contributed by atoms with E-state index >= 15 is 0 Å². The molecule has 0 N–H and O–H groups in total. The summed E-state index contributed by atoms with van der Waals surface area (Å²) in [7, 11) is -3.21. The SMILES string of the molecule is CS(=O)(=O)N1CCn2c(COc3ncccn3)nnc2C1. The lowest BCUT2D eigenvalue weighted by Gasteiger charge is -2.25. The van der Waals surface area contributed by atoms with Crippen molar-refractivity contribution < 1.29 is 13.2 Å². The van der Waals surface area contributed by atoms with Gasteiger partial charge in [-0.3, -0.25) is 0 Å². The van der Waals surface area contributed by atoms with Crippen LogP contribution in [0.1, 0.15) is 11.6 Å². The Kier molecular flexibility index (Phi) is 3.55. The molecular weight excluding hydrogens is 296 g/mol. The molecule has 0 amide bonds. The van der Waals surface area contributed by atoms with E-state index in [1.807, 2.05) is 4.57 Å². The Morgan fingerprint density at radius 3 is 2.71 bits per heavy atom. The molecule has 0 bridgehead atoms. The van der Waals surface area contributed by atoms with Crippen LogP contribution in [0.4, 0.5) is 0 Å². The van der Waals surface area contributed by atoms with Crippen molar-refractivity contribution in [2.24, 2.45) is 0 Å². The van der Waals surface area contributed by atoms with E-state index in [1.165, 1.54) is 10.6 Å². The van der Waals surface area contributed by atoms with Gasteiger partial charge in [0.25, 0.3) is 0 Å². The molecule has 3 heterocycles. The molecule has 0 saturated heterocycles. The van der Waals surface area contributed by atoms with E-state index in [1.54, 1.807) is 18.5 Å². The second-order valence-electron chi connectivity index (χ2n) is 4.60. The number of hydrogen-bond donors (Lipinski definition) is 0. The lowest BCUT2D eigenvalue weighted by Crippen LogP contribution is -2.38. The minimum atomic E-state index is -3.21. The van der Waals surface area contributed by atoms with Crippen molar-refractivity contribution in [1.29, 1.82) is 0 Å². The molecule has 0 aliphatic carbocycles. The first-order valence-corrected chi connectivity index (χ1v) is 8.15. The van der Waals surface area contributed by atoms with Crippen molar-refractivity contribution in [3.63, 3.8) is 0 Å². The Bertz CT molecular complexity index is 730. The number of nitrogens with zero attached hydrogens (tertiary/aromatic N) is 6. The average Bonchev–Trinajstić information content (AvgIpc) is 2.87. The van der Waals surface area contributed by atoms with Crippen LogP contribution in [-0.4, -0.2) is 50.3 Å². The summed E-state index contributed by atoms with van der Waals surface area (Å²) in [6, 6.07) is 1.97. The van der Waals surface area contributed by atoms with E-state index in [0.29, 0.717) is 24.7 Å². The molecule has 1 aliphatic heterocycles. The maximum absolute atomic E-state index is 11.5. The summed E-state index contributed by atoms with van der Waals surface area (Å²) in [5, 5.41) is 8.06. The third-order valence-electron chi connectivity index (χ3n) is 3.14. The van der Waals surface area contributed by atoms with Gasteiger partial charge < -0.3 is 9.30 Å². The van der Waals surface area contributed by atoms with Crippen molar-refractivity contribution in [3.05, 3.63) is 30.1 Å². The molecule has 9 nitrogen and oxygen atoms in total. The minimum absolute atomic E-state index is 0.190. The number of rotatable bonds is 4. The fraction of sp³-hybridized carbons (Fsp3) is 0.455. The predicted molar refractivity (Wildman–Crippen MR) is 71.6 cm³/mol. The van der Waals surface area contributed by atoms with Crippen molar-refractivity contribution in [2.75, 3.05) is 12.8 Å². The Balaban J connectivity index is 1.72. The lowest BCUT2D eigenvalue weighted by atomic mass is 10.4. The normalized spacial score (nSPS) is 15.7. The van der Waals surface area contributed by atoms with Gasteiger partial charge in [-0.15, -0.1) is 10.2 Å². The molecule has 0 spiro atoms. The maximum atomic E-state index is 11.5. The molecule has 10 heteroatoms. The van der Waals surface area contributed by atoms with Crippen LogP contribution in [0.15, 0.2) is 18.5 Å². The first-order chi connectivity index (χ1) is 10.0. The van der Waals surface area contributed by atoms with Crippen molar-refractivity contribution >= 4 is 10.0 Å². The number of aromatic nitrogens is 5. The highest BCUT2D eigenvalue weighted by molar-refractivity contribution is 7.88. The van der Waals surface area contributed by atoms with Gasteiger partial charge in [0.1, 0.15) is 5.82 Å². The van der Waals surface area contributed by atoms with Crippen LogP contribution in [0.5, 0.6) is 6.01 Å². The standard InChI is InChI=1S/C11H14N6O3S/c1-21(18,19)16-5-6-17-9(7-16)14-15-10(17)8-20-11-12-3-2-4-13-11/h2-4H,5-8H2,1H3. The Morgan fingerprint density at radius 2 is 2.00 bits per heavy atom. The average molecular weight is 310 g/mol. The fourth-order valence-electron chi connectivity index (χ4n) is 2.07. The first-order valence-electron chi connectivity index (χ1n) is 6.30. The maximum Gasteiger partial charge on any atom is 0.316 e. The molecule has 1 aliphatic rings. The first kappa shape index (κ1) is 13.9. The number of hydrogen-bond acceptors (Lipinski definition) is 7. The van der Waals surface area contributed by atoms with Gasteiger partial charge in [-0.05, 0) is 6.07 Å². The Morgan fingerprint density at radius 1 is 1.24 bits per heavy atom. The second kappa shape index (κ2) is 5.37. The van der Waals surface area contributed by atoms with E-state index in [0.717, 1.165) is 0 Å². The summed E-state index contributed by atoms with van der Waals surface area (Å²) in [5.74, 6) is 1.24. The predicted octanol–water partition coefficient (Wildman–Crippen LogP) is -0.578. The summed E-state index contributed by atoms with van der Waals surface area (Å²) in [6.45, 7) is 1.33. The van der Waals surface area contributed by atoms with Gasteiger partial charge in [-0.1, -0.05) is 0 Å². The summed E-state index contributed by atoms with van der Waals surface area (Å²) in [5.41, 5.74) is 0. The largest absolute Gasteiger partial charge is 0.455 e. The summed E-state index contributed by atoms with van der Waals surface area (Å²) < 4.78 is 31.8. The number of fused-ring (bicyclic) bond motifs is 1. The van der Waals surface area contributed by atoms with Gasteiger partial charge >= 0.3 is 6.01 Å².